The first-order chi connectivity index (χ1) is 8.75. The lowest BCUT2D eigenvalue weighted by atomic mass is 9.99. The fourth-order valence-electron chi connectivity index (χ4n) is 2.42. The molecule has 0 radical (unpaired) electrons. The predicted molar refractivity (Wildman–Crippen MR) is 80.3 cm³/mol. The normalized spacial score (nSPS) is 25.2. The number of hydrogen-bond acceptors (Lipinski definition) is 3. The zero-order chi connectivity index (χ0) is 12.8. The molecule has 0 bridgehead atoms. The molecule has 1 heterocycles. The quantitative estimate of drug-likeness (QED) is 0.650. The maximum absolute atomic E-state index is 3.70. The van der Waals surface area contributed by atoms with Crippen LogP contribution in [-0.4, -0.2) is 42.9 Å². The number of benzene rings is 1. The molecule has 18 heavy (non-hydrogen) atoms. The molecule has 3 heteroatoms. The molecule has 1 aromatic carbocycles. The molecular weight excluding hydrogens is 240 g/mol. The lowest BCUT2D eigenvalue weighted by molar-refractivity contribution is 0.170. The number of piperidine rings is 1. The van der Waals surface area contributed by atoms with Gasteiger partial charge in [-0.05, 0) is 45.5 Å². The second-order valence-corrected chi connectivity index (χ2v) is 6.33. The predicted octanol–water partition coefficient (Wildman–Crippen LogP) is 2.85. The Bertz CT molecular complexity index is 342. The van der Waals surface area contributed by atoms with Crippen molar-refractivity contribution in [3.63, 3.8) is 0 Å². The fraction of sp³-hybridized carbons (Fsp3) is 0.600. The van der Waals surface area contributed by atoms with Gasteiger partial charge in [0.25, 0.3) is 0 Å². The van der Waals surface area contributed by atoms with Gasteiger partial charge in [0.1, 0.15) is 0 Å². The first kappa shape index (κ1) is 13.9. The maximum atomic E-state index is 3.70. The average Bonchev–Trinajstić information content (AvgIpc) is 2.40. The topological polar surface area (TPSA) is 15.3 Å². The van der Waals surface area contributed by atoms with E-state index >= 15 is 0 Å². The number of rotatable bonds is 5. The van der Waals surface area contributed by atoms with Crippen LogP contribution in [0.25, 0.3) is 0 Å². The molecule has 1 fully saturated rings. The Morgan fingerprint density at radius 3 is 2.83 bits per heavy atom. The minimum absolute atomic E-state index is 0.715. The summed E-state index contributed by atoms with van der Waals surface area (Å²) in [6.45, 7) is 4.66. The molecule has 1 aliphatic heterocycles. The van der Waals surface area contributed by atoms with Gasteiger partial charge in [-0.1, -0.05) is 18.2 Å². The third-order valence-electron chi connectivity index (χ3n) is 3.76. The third kappa shape index (κ3) is 4.30. The van der Waals surface area contributed by atoms with Crippen molar-refractivity contribution in [3.8, 4) is 0 Å². The van der Waals surface area contributed by atoms with Crippen molar-refractivity contribution in [2.24, 2.45) is 0 Å². The van der Waals surface area contributed by atoms with Gasteiger partial charge in [0.05, 0.1) is 0 Å². The molecule has 2 rings (SSSR count). The molecule has 0 aromatic heterocycles. The summed E-state index contributed by atoms with van der Waals surface area (Å²) in [6.07, 6.45) is 2.57. The van der Waals surface area contributed by atoms with E-state index in [4.69, 9.17) is 0 Å². The van der Waals surface area contributed by atoms with E-state index in [-0.39, 0.29) is 0 Å². The average molecular weight is 264 g/mol. The van der Waals surface area contributed by atoms with Crippen molar-refractivity contribution in [1.82, 2.24) is 10.2 Å². The van der Waals surface area contributed by atoms with Crippen LogP contribution in [0.5, 0.6) is 0 Å². The van der Waals surface area contributed by atoms with Crippen LogP contribution in [0.2, 0.25) is 0 Å². The fourth-order valence-corrected chi connectivity index (χ4v) is 3.23. The highest BCUT2D eigenvalue weighted by Crippen LogP contribution is 2.17. The third-order valence-corrected chi connectivity index (χ3v) is 4.77. The van der Waals surface area contributed by atoms with E-state index in [1.807, 2.05) is 11.8 Å². The van der Waals surface area contributed by atoms with Gasteiger partial charge in [-0.15, -0.1) is 11.8 Å². The van der Waals surface area contributed by atoms with E-state index in [0.717, 1.165) is 18.3 Å². The molecule has 0 saturated carbocycles. The summed E-state index contributed by atoms with van der Waals surface area (Å²) >= 11 is 1.94. The molecule has 0 aliphatic carbocycles. The Kier molecular flexibility index (Phi) is 5.54. The maximum Gasteiger partial charge on any atom is 0.0106 e. The van der Waals surface area contributed by atoms with Crippen LogP contribution in [0.15, 0.2) is 35.2 Å². The van der Waals surface area contributed by atoms with Crippen LogP contribution >= 0.6 is 11.8 Å². The van der Waals surface area contributed by atoms with Gasteiger partial charge in [-0.2, -0.15) is 0 Å². The monoisotopic (exact) mass is 264 g/mol. The van der Waals surface area contributed by atoms with Crippen molar-refractivity contribution in [3.05, 3.63) is 30.3 Å². The van der Waals surface area contributed by atoms with E-state index in [1.165, 1.54) is 24.3 Å². The van der Waals surface area contributed by atoms with Crippen LogP contribution in [0.4, 0.5) is 0 Å². The lowest BCUT2D eigenvalue weighted by Crippen LogP contribution is -2.46. The molecule has 1 aliphatic rings. The van der Waals surface area contributed by atoms with Crippen molar-refractivity contribution < 1.29 is 0 Å². The Hall–Kier alpha value is -0.510. The smallest absolute Gasteiger partial charge is 0.0106 e. The Morgan fingerprint density at radius 1 is 1.33 bits per heavy atom. The number of nitrogens with one attached hydrogen (secondary N) is 1. The Balaban J connectivity index is 1.61. The molecule has 1 aromatic rings. The standard InChI is InChI=1S/C15H24N2S/c1-13-12-14(8-10-17(13)2)16-9-11-18-15-6-4-3-5-7-15/h3-7,13-14,16H,8-12H2,1-2H3. The summed E-state index contributed by atoms with van der Waals surface area (Å²) < 4.78 is 0. The van der Waals surface area contributed by atoms with Crippen molar-refractivity contribution >= 4 is 11.8 Å². The summed E-state index contributed by atoms with van der Waals surface area (Å²) in [5.41, 5.74) is 0. The first-order valence-electron chi connectivity index (χ1n) is 6.87. The van der Waals surface area contributed by atoms with Gasteiger partial charge in [0, 0.05) is 29.3 Å². The van der Waals surface area contributed by atoms with E-state index in [1.54, 1.807) is 0 Å². The van der Waals surface area contributed by atoms with Gasteiger partial charge in [-0.25, -0.2) is 0 Å². The summed E-state index contributed by atoms with van der Waals surface area (Å²) in [4.78, 5) is 3.83. The van der Waals surface area contributed by atoms with Crippen LogP contribution in [0.1, 0.15) is 19.8 Å². The zero-order valence-electron chi connectivity index (χ0n) is 11.4. The van der Waals surface area contributed by atoms with E-state index < -0.39 is 0 Å². The van der Waals surface area contributed by atoms with E-state index in [0.29, 0.717) is 6.04 Å². The van der Waals surface area contributed by atoms with Crippen LogP contribution < -0.4 is 5.32 Å². The summed E-state index contributed by atoms with van der Waals surface area (Å²) in [6, 6.07) is 12.1. The van der Waals surface area contributed by atoms with Gasteiger partial charge in [0.2, 0.25) is 0 Å². The van der Waals surface area contributed by atoms with E-state index in [2.05, 4.69) is 54.5 Å². The molecule has 0 amide bonds. The van der Waals surface area contributed by atoms with Crippen molar-refractivity contribution in [2.75, 3.05) is 25.9 Å². The Labute approximate surface area is 115 Å². The van der Waals surface area contributed by atoms with Gasteiger partial charge >= 0.3 is 0 Å². The minimum atomic E-state index is 0.715. The van der Waals surface area contributed by atoms with E-state index in [9.17, 15) is 0 Å². The van der Waals surface area contributed by atoms with Crippen LogP contribution in [0, 0.1) is 0 Å². The lowest BCUT2D eigenvalue weighted by Gasteiger charge is -2.35. The van der Waals surface area contributed by atoms with Gasteiger partial charge in [-0.3, -0.25) is 0 Å². The molecule has 0 spiro atoms. The first-order valence-corrected chi connectivity index (χ1v) is 7.86. The highest BCUT2D eigenvalue weighted by atomic mass is 32.2. The second kappa shape index (κ2) is 7.17. The molecule has 2 unspecified atom stereocenters. The molecule has 2 nitrogen and oxygen atoms in total. The highest BCUT2D eigenvalue weighted by molar-refractivity contribution is 7.99. The molecule has 1 saturated heterocycles. The molecule has 1 N–H and O–H groups in total. The number of nitrogens with zero attached hydrogens (tertiary/aromatic N) is 1. The Morgan fingerprint density at radius 2 is 2.11 bits per heavy atom. The van der Waals surface area contributed by atoms with Gasteiger partial charge < -0.3 is 10.2 Å². The summed E-state index contributed by atoms with van der Waals surface area (Å²) in [5.74, 6) is 1.16. The zero-order valence-corrected chi connectivity index (χ0v) is 12.2. The van der Waals surface area contributed by atoms with Gasteiger partial charge in [0.15, 0.2) is 0 Å². The summed E-state index contributed by atoms with van der Waals surface area (Å²) in [7, 11) is 2.23. The number of hydrogen-bond donors (Lipinski definition) is 1. The second-order valence-electron chi connectivity index (χ2n) is 5.17. The summed E-state index contributed by atoms with van der Waals surface area (Å²) in [5, 5.41) is 3.70. The highest BCUT2D eigenvalue weighted by Gasteiger charge is 2.21. The largest absolute Gasteiger partial charge is 0.313 e. The molecule has 100 valence electrons. The minimum Gasteiger partial charge on any atom is -0.313 e. The SMILES string of the molecule is CC1CC(NCCSc2ccccc2)CCN1C. The van der Waals surface area contributed by atoms with Crippen LogP contribution in [-0.2, 0) is 0 Å². The number of likely N-dealkylation sites (tertiary alicyclic amines) is 1. The molecule has 2 atom stereocenters. The van der Waals surface area contributed by atoms with Crippen molar-refractivity contribution in [2.45, 2.75) is 36.7 Å². The van der Waals surface area contributed by atoms with Crippen LogP contribution in [0.3, 0.4) is 0 Å². The molecular formula is C15H24N2S. The van der Waals surface area contributed by atoms with Crippen molar-refractivity contribution in [1.29, 1.82) is 0 Å². The number of thioether (sulfide) groups is 1.